The molecule has 0 radical (unpaired) electrons. The summed E-state index contributed by atoms with van der Waals surface area (Å²) in [6.07, 6.45) is 1.16. The molecule has 3 rings (SSSR count). The van der Waals surface area contributed by atoms with Crippen LogP contribution >= 0.6 is 23.2 Å². The Morgan fingerprint density at radius 2 is 1.77 bits per heavy atom. The van der Waals surface area contributed by atoms with Gasteiger partial charge >= 0.3 is 0 Å². The first kappa shape index (κ1) is 22.6. The third-order valence-corrected chi connectivity index (χ3v) is 7.20. The average molecular weight is 470 g/mol. The maximum absolute atomic E-state index is 12.9. The fourth-order valence-electron chi connectivity index (χ4n) is 3.26. The van der Waals surface area contributed by atoms with Crippen LogP contribution in [0.4, 0.5) is 11.4 Å². The van der Waals surface area contributed by atoms with Crippen LogP contribution in [0.5, 0.6) is 0 Å². The van der Waals surface area contributed by atoms with Crippen LogP contribution < -0.4 is 10.6 Å². The van der Waals surface area contributed by atoms with E-state index < -0.39 is 15.9 Å². The van der Waals surface area contributed by atoms with Crippen molar-refractivity contribution in [1.29, 1.82) is 0 Å². The summed E-state index contributed by atoms with van der Waals surface area (Å²) in [6, 6.07) is 10.7. The first-order valence-electron chi connectivity index (χ1n) is 9.30. The molecule has 1 heterocycles. The number of hydrogen-bond acceptors (Lipinski definition) is 4. The molecule has 0 aromatic heterocycles. The van der Waals surface area contributed by atoms with E-state index in [0.29, 0.717) is 40.8 Å². The van der Waals surface area contributed by atoms with Crippen molar-refractivity contribution in [2.75, 3.05) is 23.7 Å². The maximum Gasteiger partial charge on any atom is 0.243 e. The van der Waals surface area contributed by atoms with Gasteiger partial charge in [-0.05, 0) is 55.3 Å². The molecule has 0 spiro atoms. The Balaban J connectivity index is 1.69. The Hall–Kier alpha value is -2.13. The van der Waals surface area contributed by atoms with Crippen LogP contribution in [0.1, 0.15) is 19.8 Å². The molecular weight excluding hydrogens is 449 g/mol. The Morgan fingerprint density at radius 3 is 2.40 bits per heavy atom. The largest absolute Gasteiger partial charge is 0.326 e. The molecular formula is C20H21Cl2N3O4S. The molecule has 30 heavy (non-hydrogen) atoms. The van der Waals surface area contributed by atoms with E-state index in [-0.39, 0.29) is 23.3 Å². The Labute approximate surface area is 185 Å². The monoisotopic (exact) mass is 469 g/mol. The van der Waals surface area contributed by atoms with Crippen molar-refractivity contribution in [1.82, 2.24) is 4.31 Å². The van der Waals surface area contributed by atoms with Gasteiger partial charge in [-0.15, -0.1) is 0 Å². The number of halogens is 2. The smallest absolute Gasteiger partial charge is 0.243 e. The van der Waals surface area contributed by atoms with Crippen LogP contribution in [-0.2, 0) is 19.6 Å². The van der Waals surface area contributed by atoms with Crippen molar-refractivity contribution in [2.24, 2.45) is 5.92 Å². The minimum Gasteiger partial charge on any atom is -0.326 e. The SMILES string of the molecule is CC(=O)Nc1ccc(NC(=O)C2CCCN(S(=O)(=O)c3ccc(Cl)cc3)C2)cc1Cl. The summed E-state index contributed by atoms with van der Waals surface area (Å²) in [6.45, 7) is 1.82. The van der Waals surface area contributed by atoms with Crippen LogP contribution in [0.15, 0.2) is 47.4 Å². The third-order valence-electron chi connectivity index (χ3n) is 4.75. The average Bonchev–Trinajstić information content (AvgIpc) is 2.70. The number of anilines is 2. The summed E-state index contributed by atoms with van der Waals surface area (Å²) in [4.78, 5) is 24.0. The number of hydrogen-bond donors (Lipinski definition) is 2. The first-order valence-corrected chi connectivity index (χ1v) is 11.5. The molecule has 0 aliphatic carbocycles. The van der Waals surface area contributed by atoms with E-state index in [0.717, 1.165) is 0 Å². The molecule has 1 aliphatic rings. The lowest BCUT2D eigenvalue weighted by Crippen LogP contribution is -2.43. The zero-order chi connectivity index (χ0) is 21.9. The predicted molar refractivity (Wildman–Crippen MR) is 117 cm³/mol. The molecule has 7 nitrogen and oxygen atoms in total. The molecule has 0 bridgehead atoms. The minimum atomic E-state index is -3.71. The molecule has 160 valence electrons. The summed E-state index contributed by atoms with van der Waals surface area (Å²) in [7, 11) is -3.71. The van der Waals surface area contributed by atoms with E-state index in [4.69, 9.17) is 23.2 Å². The van der Waals surface area contributed by atoms with Gasteiger partial charge in [0.2, 0.25) is 21.8 Å². The van der Waals surface area contributed by atoms with Crippen molar-refractivity contribution < 1.29 is 18.0 Å². The van der Waals surface area contributed by atoms with Crippen molar-refractivity contribution >= 4 is 56.4 Å². The molecule has 1 fully saturated rings. The highest BCUT2D eigenvalue weighted by Gasteiger charge is 2.33. The van der Waals surface area contributed by atoms with Gasteiger partial charge in [0.1, 0.15) is 0 Å². The van der Waals surface area contributed by atoms with Crippen molar-refractivity contribution in [3.05, 3.63) is 52.5 Å². The van der Waals surface area contributed by atoms with Crippen molar-refractivity contribution in [3.63, 3.8) is 0 Å². The number of benzene rings is 2. The zero-order valence-corrected chi connectivity index (χ0v) is 18.5. The second-order valence-electron chi connectivity index (χ2n) is 7.02. The summed E-state index contributed by atoms with van der Waals surface area (Å²) >= 11 is 12.0. The zero-order valence-electron chi connectivity index (χ0n) is 16.2. The maximum atomic E-state index is 12.9. The summed E-state index contributed by atoms with van der Waals surface area (Å²) in [5.41, 5.74) is 0.914. The minimum absolute atomic E-state index is 0.0918. The lowest BCUT2D eigenvalue weighted by atomic mass is 9.98. The molecule has 2 aromatic rings. The number of nitrogens with one attached hydrogen (secondary N) is 2. The van der Waals surface area contributed by atoms with Crippen LogP contribution in [0.3, 0.4) is 0 Å². The molecule has 2 aromatic carbocycles. The van der Waals surface area contributed by atoms with E-state index in [9.17, 15) is 18.0 Å². The second-order valence-corrected chi connectivity index (χ2v) is 9.80. The first-order chi connectivity index (χ1) is 14.2. The fraction of sp³-hybridized carbons (Fsp3) is 0.300. The molecule has 1 unspecified atom stereocenters. The molecule has 2 N–H and O–H groups in total. The third kappa shape index (κ3) is 5.31. The van der Waals surface area contributed by atoms with Crippen LogP contribution in [0, 0.1) is 5.92 Å². The van der Waals surface area contributed by atoms with Gasteiger partial charge in [0.15, 0.2) is 0 Å². The van der Waals surface area contributed by atoms with Gasteiger partial charge in [0.25, 0.3) is 0 Å². The number of sulfonamides is 1. The van der Waals surface area contributed by atoms with E-state index in [1.807, 2.05) is 0 Å². The van der Waals surface area contributed by atoms with Crippen LogP contribution in [0.25, 0.3) is 0 Å². The highest BCUT2D eigenvalue weighted by molar-refractivity contribution is 7.89. The standard InChI is InChI=1S/C20H21Cl2N3O4S/c1-13(26)23-19-9-6-16(11-18(19)22)24-20(27)14-3-2-10-25(12-14)30(28,29)17-7-4-15(21)5-8-17/h4-9,11,14H,2-3,10,12H2,1H3,(H,23,26)(H,24,27). The number of rotatable bonds is 5. The summed E-state index contributed by atoms with van der Waals surface area (Å²) < 4.78 is 27.1. The molecule has 2 amide bonds. The van der Waals surface area contributed by atoms with E-state index in [1.54, 1.807) is 12.1 Å². The number of amides is 2. The molecule has 1 aliphatic heterocycles. The van der Waals surface area contributed by atoms with Gasteiger partial charge in [-0.25, -0.2) is 8.42 Å². The van der Waals surface area contributed by atoms with Crippen molar-refractivity contribution in [2.45, 2.75) is 24.7 Å². The number of nitrogens with zero attached hydrogens (tertiary/aromatic N) is 1. The van der Waals surface area contributed by atoms with E-state index >= 15 is 0 Å². The molecule has 10 heteroatoms. The quantitative estimate of drug-likeness (QED) is 0.691. The van der Waals surface area contributed by atoms with Gasteiger partial charge in [-0.3, -0.25) is 9.59 Å². The molecule has 0 saturated carbocycles. The topological polar surface area (TPSA) is 95.6 Å². The number of piperidine rings is 1. The molecule has 1 saturated heterocycles. The van der Waals surface area contributed by atoms with E-state index in [2.05, 4.69) is 10.6 Å². The van der Waals surface area contributed by atoms with Gasteiger partial charge in [0.05, 0.1) is 21.5 Å². The number of carbonyl (C=O) groups is 2. The fourth-order valence-corrected chi connectivity index (χ4v) is 5.14. The van der Waals surface area contributed by atoms with Crippen molar-refractivity contribution in [3.8, 4) is 0 Å². The lowest BCUT2D eigenvalue weighted by Gasteiger charge is -2.31. The number of carbonyl (C=O) groups excluding carboxylic acids is 2. The highest BCUT2D eigenvalue weighted by Crippen LogP contribution is 2.28. The van der Waals surface area contributed by atoms with Gasteiger partial charge in [-0.2, -0.15) is 4.31 Å². The predicted octanol–water partition coefficient (Wildman–Crippen LogP) is 3.99. The second kappa shape index (κ2) is 9.34. The normalized spacial score (nSPS) is 17.4. The lowest BCUT2D eigenvalue weighted by molar-refractivity contribution is -0.121. The van der Waals surface area contributed by atoms with Crippen LogP contribution in [0.2, 0.25) is 10.0 Å². The van der Waals surface area contributed by atoms with Crippen LogP contribution in [-0.4, -0.2) is 37.6 Å². The molecule has 1 atom stereocenters. The van der Waals surface area contributed by atoms with E-state index in [1.165, 1.54) is 41.6 Å². The van der Waals surface area contributed by atoms with Gasteiger partial charge in [0, 0.05) is 30.7 Å². The van der Waals surface area contributed by atoms with Gasteiger partial charge < -0.3 is 10.6 Å². The Kier molecular flexibility index (Phi) is 7.02. The Morgan fingerprint density at radius 1 is 1.07 bits per heavy atom. The highest BCUT2D eigenvalue weighted by atomic mass is 35.5. The van der Waals surface area contributed by atoms with Gasteiger partial charge in [-0.1, -0.05) is 23.2 Å². The Bertz CT molecular complexity index is 1060. The summed E-state index contributed by atoms with van der Waals surface area (Å²) in [5.74, 6) is -1.03. The summed E-state index contributed by atoms with van der Waals surface area (Å²) in [5, 5.41) is 6.11.